The van der Waals surface area contributed by atoms with Gasteiger partial charge >= 0.3 is 0 Å². The predicted molar refractivity (Wildman–Crippen MR) is 125 cm³/mol. The zero-order chi connectivity index (χ0) is 20.9. The molecule has 4 rings (SSSR count). The van der Waals surface area contributed by atoms with Crippen molar-refractivity contribution in [1.82, 2.24) is 20.0 Å². The van der Waals surface area contributed by atoms with Gasteiger partial charge in [0, 0.05) is 24.0 Å². The van der Waals surface area contributed by atoms with Gasteiger partial charge in [-0.15, -0.1) is 0 Å². The first-order chi connectivity index (χ1) is 14.7. The van der Waals surface area contributed by atoms with Crippen LogP contribution < -0.4 is 11.2 Å². The molecule has 3 N–H and O–H groups in total. The number of nitrogens with one attached hydrogen (secondary N) is 1. The fourth-order valence-corrected chi connectivity index (χ4v) is 3.12. The second-order valence-electron chi connectivity index (χ2n) is 6.65. The van der Waals surface area contributed by atoms with Gasteiger partial charge in [-0.05, 0) is 54.6 Å². The summed E-state index contributed by atoms with van der Waals surface area (Å²) in [5.74, 6) is 0. The normalized spacial score (nSPS) is 11.5. The Bertz CT molecular complexity index is 1270. The molecule has 0 aliphatic heterocycles. The highest BCUT2D eigenvalue weighted by Gasteiger charge is 2.11. The number of rotatable bonds is 5. The van der Waals surface area contributed by atoms with Crippen LogP contribution in [0.1, 0.15) is 18.7 Å². The number of hydrogen-bond acceptors (Lipinski definition) is 5. The topological polar surface area (TPSA) is 102 Å². The minimum absolute atomic E-state index is 0. The maximum Gasteiger partial charge on any atom is 0.209 e. The van der Waals surface area contributed by atoms with E-state index in [0.29, 0.717) is 11.4 Å². The van der Waals surface area contributed by atoms with Gasteiger partial charge in [0.15, 0.2) is 5.69 Å². The van der Waals surface area contributed by atoms with E-state index < -0.39 is 0 Å². The van der Waals surface area contributed by atoms with E-state index in [1.807, 2.05) is 55.6 Å². The summed E-state index contributed by atoms with van der Waals surface area (Å²) in [5.41, 5.74) is 10.6. The fraction of sp³-hybridized carbons (Fsp3) is 0.0833. The summed E-state index contributed by atoms with van der Waals surface area (Å²) in [6, 6.07) is 16.9. The first-order valence-corrected chi connectivity index (χ1v) is 9.38. The summed E-state index contributed by atoms with van der Waals surface area (Å²) >= 11 is 0. The molecule has 156 valence electrons. The van der Waals surface area contributed by atoms with E-state index >= 15 is 0 Å². The van der Waals surface area contributed by atoms with Crippen molar-refractivity contribution in [3.63, 3.8) is 0 Å². The predicted octanol–water partition coefficient (Wildman–Crippen LogP) is 4.16. The molecule has 7 heteroatoms. The Morgan fingerprint density at radius 1 is 1.13 bits per heavy atom. The number of H-pyrrole nitrogens is 1. The largest absolute Gasteiger partial charge is 0.405 e. The molecule has 0 fully saturated rings. The van der Waals surface area contributed by atoms with Gasteiger partial charge in [-0.1, -0.05) is 31.7 Å². The Hall–Kier alpha value is -4.26. The van der Waals surface area contributed by atoms with E-state index in [9.17, 15) is 4.79 Å². The lowest BCUT2D eigenvalue weighted by atomic mass is 10.1. The van der Waals surface area contributed by atoms with Crippen molar-refractivity contribution >= 4 is 11.4 Å². The first kappa shape index (κ1) is 21.4. The van der Waals surface area contributed by atoms with Gasteiger partial charge in [-0.25, -0.2) is 9.67 Å². The second kappa shape index (κ2) is 9.49. The number of aromatic nitrogens is 4. The highest BCUT2D eigenvalue weighted by Crippen LogP contribution is 2.23. The molecule has 7 nitrogen and oxygen atoms in total. The minimum atomic E-state index is -0.230. The molecule has 2 aromatic carbocycles. The monoisotopic (exact) mass is 412 g/mol. The maximum absolute atomic E-state index is 12.6. The van der Waals surface area contributed by atoms with E-state index in [-0.39, 0.29) is 18.5 Å². The molecule has 0 atom stereocenters. The molecule has 31 heavy (non-hydrogen) atoms. The van der Waals surface area contributed by atoms with Crippen LogP contribution in [0.2, 0.25) is 0 Å². The van der Waals surface area contributed by atoms with E-state index in [2.05, 4.69) is 26.4 Å². The van der Waals surface area contributed by atoms with E-state index in [0.717, 1.165) is 22.4 Å². The molecular weight excluding hydrogens is 388 g/mol. The van der Waals surface area contributed by atoms with Crippen LogP contribution >= 0.6 is 0 Å². The lowest BCUT2D eigenvalue weighted by molar-refractivity contribution is 0.823. The summed E-state index contributed by atoms with van der Waals surface area (Å²) in [5, 5.41) is 11.4. The number of benzene rings is 2. The van der Waals surface area contributed by atoms with E-state index in [1.54, 1.807) is 23.2 Å². The van der Waals surface area contributed by atoms with Crippen molar-refractivity contribution in [1.29, 1.82) is 0 Å². The number of aryl methyl sites for hydroxylation is 1. The van der Waals surface area contributed by atoms with Crippen LogP contribution in [-0.2, 0) is 0 Å². The zero-order valence-electron chi connectivity index (χ0n) is 16.4. The Kier molecular flexibility index (Phi) is 6.57. The molecule has 0 saturated heterocycles. The van der Waals surface area contributed by atoms with Crippen LogP contribution in [0, 0.1) is 6.92 Å². The first-order valence-electron chi connectivity index (χ1n) is 9.38. The Morgan fingerprint density at radius 2 is 1.94 bits per heavy atom. The third kappa shape index (κ3) is 4.67. The lowest BCUT2D eigenvalue weighted by Gasteiger charge is -2.11. The Balaban J connectivity index is 0.00000272. The number of allylic oxidation sites excluding steroid dienone is 1. The standard InChI is InChI=1S/C23H20N6O.CH4/c1-16-13-17(18-14-25-26-15-18)7-8-21(16)29-12-10-22(30)23(28-29)20(9-11-24)27-19-5-3-2-4-6-19;/h2-15H,24H2,1H3,(H,25,26);1H4. The molecule has 0 amide bonds. The quantitative estimate of drug-likeness (QED) is 0.481. The van der Waals surface area contributed by atoms with Gasteiger partial charge in [0.05, 0.1) is 23.3 Å². The smallest absolute Gasteiger partial charge is 0.209 e. The molecule has 0 unspecified atom stereocenters. The highest BCUT2D eigenvalue weighted by molar-refractivity contribution is 6.08. The third-order valence-corrected chi connectivity index (χ3v) is 4.59. The van der Waals surface area contributed by atoms with Gasteiger partial charge in [0.2, 0.25) is 5.43 Å². The van der Waals surface area contributed by atoms with Crippen molar-refractivity contribution in [2.24, 2.45) is 10.7 Å². The SMILES string of the molecule is C.Cc1cc(-c2cn[nH]c2)ccc1-n1ccc(=O)c(C(C=CN)=Nc2ccccc2)n1. The third-order valence-electron chi connectivity index (χ3n) is 4.59. The van der Waals surface area contributed by atoms with E-state index in [4.69, 9.17) is 5.73 Å². The van der Waals surface area contributed by atoms with Gasteiger partial charge in [0.1, 0.15) is 0 Å². The van der Waals surface area contributed by atoms with Gasteiger partial charge in [0.25, 0.3) is 0 Å². The molecule has 0 spiro atoms. The highest BCUT2D eigenvalue weighted by atomic mass is 16.1. The van der Waals surface area contributed by atoms with Crippen molar-refractivity contribution in [2.75, 3.05) is 0 Å². The van der Waals surface area contributed by atoms with Crippen LogP contribution in [0.5, 0.6) is 0 Å². The average molecular weight is 412 g/mol. The van der Waals surface area contributed by atoms with Gasteiger partial charge in [-0.2, -0.15) is 10.2 Å². The molecule has 2 heterocycles. The van der Waals surface area contributed by atoms with Crippen molar-refractivity contribution < 1.29 is 0 Å². The lowest BCUT2D eigenvalue weighted by Crippen LogP contribution is -2.20. The number of nitrogens with zero attached hydrogens (tertiary/aromatic N) is 4. The minimum Gasteiger partial charge on any atom is -0.405 e. The van der Waals surface area contributed by atoms with Crippen LogP contribution in [0.4, 0.5) is 5.69 Å². The van der Waals surface area contributed by atoms with Crippen molar-refractivity contribution in [3.05, 3.63) is 107 Å². The number of hydrogen-bond donors (Lipinski definition) is 2. The Morgan fingerprint density at radius 3 is 2.61 bits per heavy atom. The van der Waals surface area contributed by atoms with Crippen LogP contribution in [-0.4, -0.2) is 25.7 Å². The number of aliphatic imine (C=N–C) groups is 1. The number of aromatic amines is 1. The molecule has 0 aliphatic carbocycles. The zero-order valence-corrected chi connectivity index (χ0v) is 16.4. The summed E-state index contributed by atoms with van der Waals surface area (Å²) in [6.45, 7) is 2.00. The summed E-state index contributed by atoms with van der Waals surface area (Å²) in [6.07, 6.45) is 8.20. The number of para-hydroxylation sites is 1. The van der Waals surface area contributed by atoms with Gasteiger partial charge < -0.3 is 5.73 Å². The average Bonchev–Trinajstić information content (AvgIpc) is 3.30. The molecule has 0 bridgehead atoms. The molecule has 0 aliphatic rings. The van der Waals surface area contributed by atoms with Crippen molar-refractivity contribution in [3.8, 4) is 16.8 Å². The Labute approximate surface area is 180 Å². The molecular formula is C24H24N6O. The van der Waals surface area contributed by atoms with Crippen LogP contribution in [0.15, 0.2) is 95.3 Å². The fourth-order valence-electron chi connectivity index (χ4n) is 3.12. The summed E-state index contributed by atoms with van der Waals surface area (Å²) in [4.78, 5) is 17.1. The second-order valence-corrected chi connectivity index (χ2v) is 6.65. The maximum atomic E-state index is 12.6. The van der Waals surface area contributed by atoms with E-state index in [1.165, 1.54) is 12.3 Å². The molecule has 4 aromatic rings. The molecule has 2 aromatic heterocycles. The molecule has 0 radical (unpaired) electrons. The van der Waals surface area contributed by atoms with Crippen LogP contribution in [0.25, 0.3) is 16.8 Å². The van der Waals surface area contributed by atoms with Crippen molar-refractivity contribution in [2.45, 2.75) is 14.4 Å². The van der Waals surface area contributed by atoms with Gasteiger partial charge in [-0.3, -0.25) is 9.89 Å². The number of nitrogens with two attached hydrogens (primary N) is 1. The summed E-state index contributed by atoms with van der Waals surface area (Å²) in [7, 11) is 0. The summed E-state index contributed by atoms with van der Waals surface area (Å²) < 4.78 is 1.68. The van der Waals surface area contributed by atoms with Crippen LogP contribution in [0.3, 0.4) is 0 Å². The molecule has 0 saturated carbocycles.